The molecule has 0 bridgehead atoms. The van der Waals surface area contributed by atoms with Gasteiger partial charge in [-0.25, -0.2) is 9.97 Å². The number of fused-ring (bicyclic) bond motifs is 3. The molecular formula is C24H33N3O3. The summed E-state index contributed by atoms with van der Waals surface area (Å²) in [5.74, 6) is 2.42. The summed E-state index contributed by atoms with van der Waals surface area (Å²) >= 11 is 0. The first-order valence-corrected chi connectivity index (χ1v) is 10.9. The Balaban J connectivity index is 1.53. The van der Waals surface area contributed by atoms with Gasteiger partial charge in [0.2, 0.25) is 0 Å². The Hall–Kier alpha value is -2.18. The van der Waals surface area contributed by atoms with Gasteiger partial charge in [-0.3, -0.25) is 4.90 Å². The van der Waals surface area contributed by atoms with E-state index in [0.29, 0.717) is 18.3 Å². The molecule has 3 atom stereocenters. The maximum absolute atomic E-state index is 10.9. The lowest BCUT2D eigenvalue weighted by Gasteiger charge is -2.47. The number of benzene rings is 1. The molecule has 0 unspecified atom stereocenters. The second kappa shape index (κ2) is 8.52. The number of hydrogen-bond acceptors (Lipinski definition) is 6. The molecule has 2 aliphatic rings. The molecule has 0 aliphatic carbocycles. The molecule has 1 N–H and O–H groups in total. The molecule has 0 amide bonds. The van der Waals surface area contributed by atoms with Gasteiger partial charge in [0.25, 0.3) is 0 Å². The summed E-state index contributed by atoms with van der Waals surface area (Å²) in [6.45, 7) is 9.03. The molecule has 0 spiro atoms. The van der Waals surface area contributed by atoms with Crippen molar-refractivity contribution in [1.82, 2.24) is 14.9 Å². The van der Waals surface area contributed by atoms with Crippen molar-refractivity contribution in [1.29, 1.82) is 0 Å². The molecule has 3 heterocycles. The highest BCUT2D eigenvalue weighted by Gasteiger charge is 2.39. The highest BCUT2D eigenvalue weighted by Crippen LogP contribution is 2.44. The maximum Gasteiger partial charge on any atom is 0.166 e. The molecule has 1 aromatic carbocycles. The third kappa shape index (κ3) is 4.60. The van der Waals surface area contributed by atoms with E-state index in [1.165, 1.54) is 11.1 Å². The summed E-state index contributed by atoms with van der Waals surface area (Å²) < 4.78 is 11.6. The number of hydrogen-bond donors (Lipinski definition) is 1. The average Bonchev–Trinajstić information content (AvgIpc) is 2.72. The number of nitrogens with zero attached hydrogens (tertiary/aromatic N) is 3. The molecule has 0 radical (unpaired) electrons. The van der Waals surface area contributed by atoms with Crippen LogP contribution in [0.25, 0.3) is 0 Å². The van der Waals surface area contributed by atoms with Crippen LogP contribution in [0, 0.1) is 11.3 Å². The number of ether oxygens (including phenoxy) is 2. The molecule has 2 aliphatic heterocycles. The third-order valence-corrected chi connectivity index (χ3v) is 6.22. The first-order chi connectivity index (χ1) is 14.3. The number of aromatic nitrogens is 2. The fourth-order valence-electron chi connectivity index (χ4n) is 4.91. The van der Waals surface area contributed by atoms with Crippen molar-refractivity contribution in [2.24, 2.45) is 11.3 Å². The summed E-state index contributed by atoms with van der Waals surface area (Å²) in [4.78, 5) is 11.0. The molecule has 4 rings (SSSR count). The molecule has 1 saturated heterocycles. The van der Waals surface area contributed by atoms with Crippen LogP contribution in [0.5, 0.6) is 11.5 Å². The predicted molar refractivity (Wildman–Crippen MR) is 116 cm³/mol. The molecular weight excluding hydrogens is 378 g/mol. The van der Waals surface area contributed by atoms with Crippen LogP contribution in [-0.4, -0.2) is 46.3 Å². The van der Waals surface area contributed by atoms with Gasteiger partial charge >= 0.3 is 0 Å². The topological polar surface area (TPSA) is 67.7 Å². The summed E-state index contributed by atoms with van der Waals surface area (Å²) in [5.41, 5.74) is 2.77. The molecule has 0 saturated carbocycles. The smallest absolute Gasteiger partial charge is 0.166 e. The third-order valence-electron chi connectivity index (χ3n) is 6.22. The van der Waals surface area contributed by atoms with E-state index in [-0.39, 0.29) is 17.6 Å². The summed E-state index contributed by atoms with van der Waals surface area (Å²) in [5, 5.41) is 10.9. The molecule has 2 aromatic rings. The fourth-order valence-corrected chi connectivity index (χ4v) is 4.91. The van der Waals surface area contributed by atoms with Crippen LogP contribution in [0.3, 0.4) is 0 Å². The zero-order valence-electron chi connectivity index (χ0n) is 18.5. The SMILES string of the molecule is COc1cc2c(cc1OCc1ncccn1)CCN1C[C@@H](CC(C)(C)C)[C@H](O)C[C@H]21. The van der Waals surface area contributed by atoms with Crippen molar-refractivity contribution in [3.05, 3.63) is 47.5 Å². The number of rotatable bonds is 5. The Morgan fingerprint density at radius 2 is 1.93 bits per heavy atom. The highest BCUT2D eigenvalue weighted by atomic mass is 16.5. The molecule has 6 nitrogen and oxygen atoms in total. The predicted octanol–water partition coefficient (Wildman–Crippen LogP) is 3.78. The van der Waals surface area contributed by atoms with Crippen LogP contribution in [0.4, 0.5) is 0 Å². The van der Waals surface area contributed by atoms with E-state index in [4.69, 9.17) is 9.47 Å². The Bertz CT molecular complexity index is 866. The van der Waals surface area contributed by atoms with Gasteiger partial charge in [-0.05, 0) is 59.9 Å². The van der Waals surface area contributed by atoms with E-state index in [9.17, 15) is 5.11 Å². The van der Waals surface area contributed by atoms with E-state index in [0.717, 1.165) is 43.9 Å². The van der Waals surface area contributed by atoms with Crippen LogP contribution in [-0.2, 0) is 13.0 Å². The molecule has 162 valence electrons. The Morgan fingerprint density at radius 3 is 2.63 bits per heavy atom. The van der Waals surface area contributed by atoms with Crippen molar-refractivity contribution < 1.29 is 14.6 Å². The van der Waals surface area contributed by atoms with Crippen molar-refractivity contribution >= 4 is 0 Å². The van der Waals surface area contributed by atoms with Gasteiger partial charge in [0.05, 0.1) is 13.2 Å². The lowest BCUT2D eigenvalue weighted by Crippen LogP contribution is -2.48. The number of piperidine rings is 1. The maximum atomic E-state index is 10.9. The lowest BCUT2D eigenvalue weighted by molar-refractivity contribution is -0.0259. The number of aliphatic hydroxyl groups excluding tert-OH is 1. The minimum Gasteiger partial charge on any atom is -0.493 e. The van der Waals surface area contributed by atoms with Gasteiger partial charge in [-0.2, -0.15) is 0 Å². The minimum atomic E-state index is -0.270. The zero-order chi connectivity index (χ0) is 21.3. The minimum absolute atomic E-state index is 0.226. The highest BCUT2D eigenvalue weighted by molar-refractivity contribution is 5.49. The van der Waals surface area contributed by atoms with Gasteiger partial charge in [0.15, 0.2) is 17.3 Å². The molecule has 1 fully saturated rings. The van der Waals surface area contributed by atoms with Crippen LogP contribution in [0.1, 0.15) is 56.6 Å². The van der Waals surface area contributed by atoms with Crippen LogP contribution in [0.2, 0.25) is 0 Å². The van der Waals surface area contributed by atoms with Gasteiger partial charge in [-0.1, -0.05) is 20.8 Å². The second-order valence-corrected chi connectivity index (χ2v) is 9.74. The number of aliphatic hydroxyl groups is 1. The quantitative estimate of drug-likeness (QED) is 0.808. The van der Waals surface area contributed by atoms with Gasteiger partial charge in [0.1, 0.15) is 6.61 Å². The van der Waals surface area contributed by atoms with Gasteiger partial charge < -0.3 is 14.6 Å². The normalized spacial score (nSPS) is 24.1. The zero-order valence-corrected chi connectivity index (χ0v) is 18.5. The van der Waals surface area contributed by atoms with Crippen molar-refractivity contribution in [3.63, 3.8) is 0 Å². The Kier molecular flexibility index (Phi) is 5.98. The number of methoxy groups -OCH3 is 1. The summed E-state index contributed by atoms with van der Waals surface area (Å²) in [6, 6.07) is 6.23. The van der Waals surface area contributed by atoms with Crippen molar-refractivity contribution in [2.75, 3.05) is 20.2 Å². The van der Waals surface area contributed by atoms with Gasteiger partial charge in [-0.15, -0.1) is 0 Å². The van der Waals surface area contributed by atoms with E-state index in [1.54, 1.807) is 25.6 Å². The first kappa shape index (κ1) is 21.1. The fraction of sp³-hybridized carbons (Fsp3) is 0.583. The monoisotopic (exact) mass is 411 g/mol. The Labute approximate surface area is 179 Å². The van der Waals surface area contributed by atoms with Crippen molar-refractivity contribution in [3.8, 4) is 11.5 Å². The van der Waals surface area contributed by atoms with E-state index in [1.807, 2.05) is 0 Å². The standard InChI is InChI=1S/C24H33N3O3/c1-24(2,3)13-17-14-27-9-6-16-10-22(30-15-23-25-7-5-8-26-23)21(29-4)11-18(16)19(27)12-20(17)28/h5,7-8,10-11,17,19-20,28H,6,9,12-15H2,1-4H3/t17-,19-,20-/m1/s1. The largest absolute Gasteiger partial charge is 0.493 e. The van der Waals surface area contributed by atoms with Crippen molar-refractivity contribution in [2.45, 2.75) is 58.8 Å². The second-order valence-electron chi connectivity index (χ2n) is 9.74. The summed E-state index contributed by atoms with van der Waals surface area (Å²) in [6.07, 6.45) is 5.95. The average molecular weight is 412 g/mol. The van der Waals surface area contributed by atoms with Crippen LogP contribution < -0.4 is 9.47 Å². The van der Waals surface area contributed by atoms with E-state index >= 15 is 0 Å². The van der Waals surface area contributed by atoms with E-state index < -0.39 is 0 Å². The lowest BCUT2D eigenvalue weighted by atomic mass is 9.75. The molecule has 1 aromatic heterocycles. The summed E-state index contributed by atoms with van der Waals surface area (Å²) in [7, 11) is 1.67. The molecule has 6 heteroatoms. The molecule has 30 heavy (non-hydrogen) atoms. The first-order valence-electron chi connectivity index (χ1n) is 10.9. The van der Waals surface area contributed by atoms with Crippen LogP contribution in [0.15, 0.2) is 30.6 Å². The van der Waals surface area contributed by atoms with E-state index in [2.05, 4.69) is 47.8 Å². The van der Waals surface area contributed by atoms with Crippen LogP contribution >= 0.6 is 0 Å². The Morgan fingerprint density at radius 1 is 1.17 bits per heavy atom. The van der Waals surface area contributed by atoms with Gasteiger partial charge in [0, 0.05) is 31.5 Å².